The summed E-state index contributed by atoms with van der Waals surface area (Å²) in [7, 11) is -3.01. The number of sulfone groups is 1. The monoisotopic (exact) mass is 334 g/mol. The third-order valence-corrected chi connectivity index (χ3v) is 3.71. The predicted molar refractivity (Wildman–Crippen MR) is 73.9 cm³/mol. The summed E-state index contributed by atoms with van der Waals surface area (Å²) in [5, 5.41) is 0.257. The molecule has 0 aromatic heterocycles. The second-order valence-electron chi connectivity index (χ2n) is 3.90. The molecule has 4 nitrogen and oxygen atoms in total. The van der Waals surface area contributed by atoms with Gasteiger partial charge in [-0.2, -0.15) is 0 Å². The van der Waals surface area contributed by atoms with Crippen LogP contribution in [0.25, 0.3) is 0 Å². The summed E-state index contributed by atoms with van der Waals surface area (Å²) < 4.78 is 27.1. The first-order valence-electron chi connectivity index (χ1n) is 5.36. The number of halogens is 1. The number of carbonyl (C=O) groups is 1. The highest BCUT2D eigenvalue weighted by molar-refractivity contribution is 9.09. The van der Waals surface area contributed by atoms with E-state index in [1.54, 1.807) is 18.2 Å². The molecule has 1 rings (SSSR count). The lowest BCUT2D eigenvalue weighted by molar-refractivity contribution is 0.101. The van der Waals surface area contributed by atoms with E-state index in [1.165, 1.54) is 6.26 Å². The smallest absolute Gasteiger partial charge is 0.173 e. The molecule has 100 valence electrons. The maximum Gasteiger partial charge on any atom is 0.173 e. The minimum absolute atomic E-state index is 0.0123. The molecule has 18 heavy (non-hydrogen) atoms. The molecule has 0 aliphatic heterocycles. The van der Waals surface area contributed by atoms with E-state index in [9.17, 15) is 13.2 Å². The van der Waals surface area contributed by atoms with E-state index in [1.807, 2.05) is 6.07 Å². The van der Waals surface area contributed by atoms with Gasteiger partial charge in [0.05, 0.1) is 24.3 Å². The normalized spacial score (nSPS) is 11.4. The maximum absolute atomic E-state index is 11.6. The number of rotatable bonds is 7. The zero-order valence-electron chi connectivity index (χ0n) is 10.1. The Morgan fingerprint density at radius 3 is 2.61 bits per heavy atom. The standard InChI is InChI=1S/C12H15BrO4S/c1-18(15,16)7-6-17-9-10-4-2-3-5-11(10)12(14)8-13/h2-5H,6-9H2,1H3. The Hall–Kier alpha value is -0.720. The van der Waals surface area contributed by atoms with Gasteiger partial charge in [0.25, 0.3) is 0 Å². The highest BCUT2D eigenvalue weighted by Crippen LogP contribution is 2.12. The van der Waals surface area contributed by atoms with Crippen LogP contribution in [0.1, 0.15) is 15.9 Å². The van der Waals surface area contributed by atoms with Crippen molar-refractivity contribution >= 4 is 31.6 Å². The van der Waals surface area contributed by atoms with Crippen LogP contribution in [0.3, 0.4) is 0 Å². The molecule has 0 heterocycles. The van der Waals surface area contributed by atoms with Crippen molar-refractivity contribution in [3.05, 3.63) is 35.4 Å². The first kappa shape index (κ1) is 15.3. The van der Waals surface area contributed by atoms with Gasteiger partial charge in [0.15, 0.2) is 5.78 Å². The first-order chi connectivity index (χ1) is 8.44. The summed E-state index contributed by atoms with van der Waals surface area (Å²) >= 11 is 3.12. The van der Waals surface area contributed by atoms with Crippen molar-refractivity contribution in [2.45, 2.75) is 6.61 Å². The Kier molecular flexibility index (Phi) is 5.98. The fraction of sp³-hybridized carbons (Fsp3) is 0.417. The van der Waals surface area contributed by atoms with Gasteiger partial charge < -0.3 is 4.74 Å². The van der Waals surface area contributed by atoms with Crippen molar-refractivity contribution in [1.29, 1.82) is 0 Å². The molecule has 6 heteroatoms. The molecule has 0 radical (unpaired) electrons. The Labute approximate surface area is 115 Å². The third kappa shape index (κ3) is 5.29. The average Bonchev–Trinajstić information content (AvgIpc) is 2.33. The van der Waals surface area contributed by atoms with Crippen LogP contribution in [0, 0.1) is 0 Å². The lowest BCUT2D eigenvalue weighted by atomic mass is 10.1. The van der Waals surface area contributed by atoms with Gasteiger partial charge in [-0.3, -0.25) is 4.79 Å². The van der Waals surface area contributed by atoms with Gasteiger partial charge in [0.1, 0.15) is 9.84 Å². The van der Waals surface area contributed by atoms with Gasteiger partial charge in [-0.15, -0.1) is 0 Å². The highest BCUT2D eigenvalue weighted by Gasteiger charge is 2.09. The van der Waals surface area contributed by atoms with Gasteiger partial charge in [-0.05, 0) is 5.56 Å². The van der Waals surface area contributed by atoms with Crippen molar-refractivity contribution in [1.82, 2.24) is 0 Å². The average molecular weight is 335 g/mol. The molecular weight excluding hydrogens is 320 g/mol. The topological polar surface area (TPSA) is 60.4 Å². The minimum Gasteiger partial charge on any atom is -0.376 e. The second kappa shape index (κ2) is 7.01. The molecule has 0 amide bonds. The number of ether oxygens (including phenoxy) is 1. The van der Waals surface area contributed by atoms with Crippen molar-refractivity contribution in [2.75, 3.05) is 23.9 Å². The van der Waals surface area contributed by atoms with Gasteiger partial charge in [0.2, 0.25) is 0 Å². The van der Waals surface area contributed by atoms with Crippen LogP contribution in [0.5, 0.6) is 0 Å². The molecule has 1 aromatic carbocycles. The van der Waals surface area contributed by atoms with E-state index in [4.69, 9.17) is 4.74 Å². The van der Waals surface area contributed by atoms with Gasteiger partial charge in [0, 0.05) is 11.8 Å². The Morgan fingerprint density at radius 2 is 2.00 bits per heavy atom. The molecule has 0 N–H and O–H groups in total. The maximum atomic E-state index is 11.6. The third-order valence-electron chi connectivity index (χ3n) is 2.30. The number of carbonyl (C=O) groups excluding carboxylic acids is 1. The van der Waals surface area contributed by atoms with E-state index in [0.717, 1.165) is 5.56 Å². The second-order valence-corrected chi connectivity index (χ2v) is 6.72. The molecular formula is C12H15BrO4S. The van der Waals surface area contributed by atoms with Gasteiger partial charge in [-0.25, -0.2) is 8.42 Å². The zero-order chi connectivity index (χ0) is 13.6. The largest absolute Gasteiger partial charge is 0.376 e. The summed E-state index contributed by atoms with van der Waals surface area (Å²) in [6.45, 7) is 0.375. The lowest BCUT2D eigenvalue weighted by Crippen LogP contribution is -2.11. The summed E-state index contributed by atoms with van der Waals surface area (Å²) in [6.07, 6.45) is 1.17. The molecule has 0 saturated heterocycles. The fourth-order valence-electron chi connectivity index (χ4n) is 1.38. The number of Topliss-reactive ketones (excluding diaryl/α,β-unsaturated/α-hetero) is 1. The number of hydrogen-bond acceptors (Lipinski definition) is 4. The minimum atomic E-state index is -3.01. The molecule has 0 aliphatic carbocycles. The predicted octanol–water partition coefficient (Wildman–Crippen LogP) is 1.83. The quantitative estimate of drug-likeness (QED) is 0.433. The zero-order valence-corrected chi connectivity index (χ0v) is 12.5. The van der Waals surface area contributed by atoms with Crippen molar-refractivity contribution in [3.8, 4) is 0 Å². The fourth-order valence-corrected chi connectivity index (χ4v) is 2.11. The number of alkyl halides is 1. The number of ketones is 1. The van der Waals surface area contributed by atoms with E-state index >= 15 is 0 Å². The summed E-state index contributed by atoms with van der Waals surface area (Å²) in [5.74, 6) is -0.0287. The molecule has 0 spiro atoms. The van der Waals surface area contributed by atoms with Crippen LogP contribution in [-0.4, -0.2) is 38.1 Å². The molecule has 1 aromatic rings. The Balaban J connectivity index is 2.60. The Bertz CT molecular complexity index is 511. The van der Waals surface area contributed by atoms with E-state index in [2.05, 4.69) is 15.9 Å². The first-order valence-corrected chi connectivity index (χ1v) is 8.55. The van der Waals surface area contributed by atoms with Crippen molar-refractivity contribution in [3.63, 3.8) is 0 Å². The van der Waals surface area contributed by atoms with Crippen LogP contribution in [-0.2, 0) is 21.2 Å². The van der Waals surface area contributed by atoms with E-state index in [-0.39, 0.29) is 30.1 Å². The molecule has 0 saturated carbocycles. The van der Waals surface area contributed by atoms with Gasteiger partial charge in [-0.1, -0.05) is 40.2 Å². The van der Waals surface area contributed by atoms with Crippen LogP contribution in [0.4, 0.5) is 0 Å². The number of hydrogen-bond donors (Lipinski definition) is 0. The van der Waals surface area contributed by atoms with E-state index < -0.39 is 9.84 Å². The molecule has 0 atom stereocenters. The highest BCUT2D eigenvalue weighted by atomic mass is 79.9. The molecule has 0 aliphatic rings. The Morgan fingerprint density at radius 1 is 1.33 bits per heavy atom. The molecule has 0 bridgehead atoms. The van der Waals surface area contributed by atoms with Crippen LogP contribution >= 0.6 is 15.9 Å². The summed E-state index contributed by atoms with van der Waals surface area (Å²) in [5.41, 5.74) is 1.38. The molecule has 0 fully saturated rings. The van der Waals surface area contributed by atoms with Crippen LogP contribution < -0.4 is 0 Å². The summed E-state index contributed by atoms with van der Waals surface area (Å²) in [6, 6.07) is 7.14. The van der Waals surface area contributed by atoms with Crippen LogP contribution in [0.15, 0.2) is 24.3 Å². The van der Waals surface area contributed by atoms with Crippen molar-refractivity contribution in [2.24, 2.45) is 0 Å². The SMILES string of the molecule is CS(=O)(=O)CCOCc1ccccc1C(=O)CBr. The summed E-state index contributed by atoms with van der Waals surface area (Å²) in [4.78, 5) is 11.6. The van der Waals surface area contributed by atoms with E-state index in [0.29, 0.717) is 5.56 Å². The van der Waals surface area contributed by atoms with Gasteiger partial charge >= 0.3 is 0 Å². The number of benzene rings is 1. The van der Waals surface area contributed by atoms with Crippen molar-refractivity contribution < 1.29 is 17.9 Å². The van der Waals surface area contributed by atoms with Crippen LogP contribution in [0.2, 0.25) is 0 Å². The lowest BCUT2D eigenvalue weighted by Gasteiger charge is -2.08. The molecule has 0 unspecified atom stereocenters.